The highest BCUT2D eigenvalue weighted by atomic mass is 32.2. The number of pyridine rings is 2. The van der Waals surface area contributed by atoms with Gasteiger partial charge < -0.3 is 15.4 Å². The average Bonchev–Trinajstić information content (AvgIpc) is 3.33. The maximum Gasteiger partial charge on any atom is 0.417 e. The summed E-state index contributed by atoms with van der Waals surface area (Å²) in [6.45, 7) is 3.65. The van der Waals surface area contributed by atoms with Gasteiger partial charge >= 0.3 is 6.18 Å². The van der Waals surface area contributed by atoms with Crippen LogP contribution < -0.4 is 5.32 Å². The third kappa shape index (κ3) is 5.01. The molecule has 0 unspecified atom stereocenters. The van der Waals surface area contributed by atoms with Crippen LogP contribution in [0.4, 0.5) is 19.0 Å². The molecule has 4 aromatic rings. The van der Waals surface area contributed by atoms with Crippen molar-refractivity contribution in [1.82, 2.24) is 19.3 Å². The Bertz CT molecular complexity index is 1710. The van der Waals surface area contributed by atoms with E-state index >= 15 is 0 Å². The van der Waals surface area contributed by atoms with Crippen molar-refractivity contribution in [2.75, 3.05) is 18.4 Å². The molecule has 0 aliphatic carbocycles. The Kier molecular flexibility index (Phi) is 7.03. The molecule has 0 spiro atoms. The van der Waals surface area contributed by atoms with E-state index in [1.54, 1.807) is 18.3 Å². The van der Waals surface area contributed by atoms with Crippen molar-refractivity contribution in [1.29, 1.82) is 5.26 Å². The Labute approximate surface area is 228 Å². The van der Waals surface area contributed by atoms with E-state index in [4.69, 9.17) is 0 Å². The van der Waals surface area contributed by atoms with E-state index < -0.39 is 33.9 Å². The highest BCUT2D eigenvalue weighted by Crippen LogP contribution is 2.34. The fourth-order valence-electron chi connectivity index (χ4n) is 5.08. The first-order valence-electron chi connectivity index (χ1n) is 12.4. The van der Waals surface area contributed by atoms with Gasteiger partial charge in [0.2, 0.25) is 10.0 Å². The van der Waals surface area contributed by atoms with Crippen LogP contribution >= 0.6 is 0 Å². The predicted octanol–water partition coefficient (Wildman–Crippen LogP) is 4.37. The molecule has 3 aromatic heterocycles. The summed E-state index contributed by atoms with van der Waals surface area (Å²) < 4.78 is 66.2. The topological polar surface area (TPSA) is 135 Å². The van der Waals surface area contributed by atoms with E-state index in [1.165, 1.54) is 22.5 Å². The minimum atomic E-state index is -4.51. The summed E-state index contributed by atoms with van der Waals surface area (Å²) in [5, 5.41) is 23.7. The second-order valence-corrected chi connectivity index (χ2v) is 11.6. The maximum absolute atomic E-state index is 13.4. The molecule has 208 valence electrons. The molecular formula is C27H25F3N6O3S. The molecule has 2 atom stereocenters. The number of halogens is 3. The van der Waals surface area contributed by atoms with Gasteiger partial charge in [-0.1, -0.05) is 12.1 Å². The zero-order valence-electron chi connectivity index (χ0n) is 21.5. The molecule has 0 bridgehead atoms. The lowest BCUT2D eigenvalue weighted by molar-refractivity contribution is -0.137. The lowest BCUT2D eigenvalue weighted by atomic mass is 9.96. The number of nitrogens with one attached hydrogen (secondary N) is 2. The number of aliphatic hydroxyl groups excluding tert-OH is 1. The Hall–Kier alpha value is -3.99. The fourth-order valence-corrected chi connectivity index (χ4v) is 6.56. The minimum absolute atomic E-state index is 0.0583. The Morgan fingerprint density at radius 3 is 2.50 bits per heavy atom. The second kappa shape index (κ2) is 10.2. The molecule has 0 radical (unpaired) electrons. The molecule has 13 heteroatoms. The summed E-state index contributed by atoms with van der Waals surface area (Å²) >= 11 is 0. The van der Waals surface area contributed by atoms with Crippen molar-refractivity contribution in [3.63, 3.8) is 0 Å². The number of benzene rings is 1. The van der Waals surface area contributed by atoms with E-state index in [-0.39, 0.29) is 30.2 Å². The number of anilines is 1. The fraction of sp³-hybridized carbons (Fsp3) is 0.296. The number of fused-ring (bicyclic) bond motifs is 1. The number of aliphatic hydroxyl groups is 1. The number of aryl methyl sites for hydroxylation is 2. The maximum atomic E-state index is 13.4. The van der Waals surface area contributed by atoms with Gasteiger partial charge in [-0.2, -0.15) is 22.7 Å². The normalized spacial score (nSPS) is 18.5. The molecule has 0 saturated carbocycles. The number of alkyl halides is 3. The van der Waals surface area contributed by atoms with Crippen LogP contribution in [-0.2, 0) is 16.2 Å². The number of sulfonamides is 1. The quantitative estimate of drug-likeness (QED) is 0.324. The van der Waals surface area contributed by atoms with E-state index in [0.717, 1.165) is 33.8 Å². The Morgan fingerprint density at radius 2 is 1.90 bits per heavy atom. The molecule has 1 saturated heterocycles. The van der Waals surface area contributed by atoms with Gasteiger partial charge in [0.25, 0.3) is 0 Å². The van der Waals surface area contributed by atoms with Crippen LogP contribution in [0.2, 0.25) is 0 Å². The lowest BCUT2D eigenvalue weighted by Crippen LogP contribution is -2.51. The first kappa shape index (κ1) is 27.6. The SMILES string of the molecule is Cc1nc2[nH]cc(C#N)c2c(C)c1-c1ccc(S(=O)(=O)N2CC[C@@H](Nc3ccc(C(F)(F)F)cn3)[C@@H](O)C2)cc1. The van der Waals surface area contributed by atoms with Crippen molar-refractivity contribution >= 4 is 26.9 Å². The number of aromatic nitrogens is 3. The molecule has 40 heavy (non-hydrogen) atoms. The van der Waals surface area contributed by atoms with E-state index in [9.17, 15) is 32.0 Å². The first-order chi connectivity index (χ1) is 18.9. The van der Waals surface area contributed by atoms with E-state index in [2.05, 4.69) is 26.3 Å². The number of aromatic amines is 1. The third-order valence-electron chi connectivity index (χ3n) is 7.12. The molecular weight excluding hydrogens is 545 g/mol. The van der Waals surface area contributed by atoms with Gasteiger partial charge in [-0.25, -0.2) is 18.4 Å². The van der Waals surface area contributed by atoms with Crippen molar-refractivity contribution in [3.8, 4) is 17.2 Å². The molecule has 1 aromatic carbocycles. The molecule has 1 aliphatic heterocycles. The summed E-state index contributed by atoms with van der Waals surface area (Å²) in [4.78, 5) is 11.4. The smallest absolute Gasteiger partial charge is 0.390 e. The summed E-state index contributed by atoms with van der Waals surface area (Å²) in [5.74, 6) is 0.156. The van der Waals surface area contributed by atoms with Crippen LogP contribution in [0.15, 0.2) is 53.7 Å². The number of nitriles is 1. The van der Waals surface area contributed by atoms with Gasteiger partial charge in [0, 0.05) is 42.1 Å². The molecule has 5 rings (SSSR count). The molecule has 4 heterocycles. The van der Waals surface area contributed by atoms with Gasteiger partial charge in [0.15, 0.2) is 0 Å². The second-order valence-electron chi connectivity index (χ2n) is 9.66. The summed E-state index contributed by atoms with van der Waals surface area (Å²) in [7, 11) is -3.93. The van der Waals surface area contributed by atoms with Crippen LogP contribution in [0, 0.1) is 25.2 Å². The number of hydrogen-bond acceptors (Lipinski definition) is 7. The average molecular weight is 571 g/mol. The summed E-state index contributed by atoms with van der Waals surface area (Å²) in [6.07, 6.45) is -3.07. The van der Waals surface area contributed by atoms with Crippen molar-refractivity contribution in [2.45, 2.75) is 43.5 Å². The lowest BCUT2D eigenvalue weighted by Gasteiger charge is -2.35. The third-order valence-corrected chi connectivity index (χ3v) is 9.00. The van der Waals surface area contributed by atoms with Gasteiger partial charge in [0.05, 0.1) is 28.2 Å². The molecule has 1 fully saturated rings. The highest BCUT2D eigenvalue weighted by Gasteiger charge is 2.35. The summed E-state index contributed by atoms with van der Waals surface area (Å²) in [5.41, 5.74) is 3.35. The van der Waals surface area contributed by atoms with Crippen LogP contribution in [0.1, 0.15) is 28.8 Å². The Morgan fingerprint density at radius 1 is 1.18 bits per heavy atom. The van der Waals surface area contributed by atoms with Gasteiger partial charge in [-0.15, -0.1) is 0 Å². The number of piperidine rings is 1. The monoisotopic (exact) mass is 570 g/mol. The van der Waals surface area contributed by atoms with Crippen molar-refractivity contribution in [3.05, 3.63) is 71.2 Å². The largest absolute Gasteiger partial charge is 0.417 e. The van der Waals surface area contributed by atoms with Crippen molar-refractivity contribution in [2.24, 2.45) is 0 Å². The summed E-state index contributed by atoms with van der Waals surface area (Å²) in [6, 6.07) is 10.0. The predicted molar refractivity (Wildman–Crippen MR) is 142 cm³/mol. The van der Waals surface area contributed by atoms with Gasteiger partial charge in [-0.3, -0.25) is 0 Å². The van der Waals surface area contributed by atoms with E-state index in [1.807, 2.05) is 13.8 Å². The van der Waals surface area contributed by atoms with Crippen molar-refractivity contribution < 1.29 is 26.7 Å². The van der Waals surface area contributed by atoms with Gasteiger partial charge in [-0.05, 0) is 55.7 Å². The number of H-pyrrole nitrogens is 1. The van der Waals surface area contributed by atoms with Gasteiger partial charge in [0.1, 0.15) is 17.5 Å². The van der Waals surface area contributed by atoms with Crippen LogP contribution in [0.3, 0.4) is 0 Å². The van der Waals surface area contributed by atoms with E-state index in [0.29, 0.717) is 17.4 Å². The van der Waals surface area contributed by atoms with Crippen LogP contribution in [0.25, 0.3) is 22.2 Å². The number of hydrogen-bond donors (Lipinski definition) is 3. The first-order valence-corrected chi connectivity index (χ1v) is 13.8. The molecule has 1 aliphatic rings. The van der Waals surface area contributed by atoms with Crippen LogP contribution in [0.5, 0.6) is 0 Å². The number of rotatable bonds is 5. The standard InChI is InChI=1S/C27H25F3N6O3S/c1-15-24(16(2)34-26-25(15)18(11-31)12-33-26)17-3-6-20(7-4-17)40(38,39)36-10-9-21(22(37)14-36)35-23-8-5-19(13-32-23)27(28,29)30/h3-8,12-13,21-22,37H,9-10,14H2,1-2H3,(H,32,35)(H,33,34)/t21-,22+/m1/s1. The Balaban J connectivity index is 1.31. The zero-order valence-corrected chi connectivity index (χ0v) is 22.3. The molecule has 0 amide bonds. The highest BCUT2D eigenvalue weighted by molar-refractivity contribution is 7.89. The zero-order chi connectivity index (χ0) is 28.8. The number of β-amino-alcohol motifs (C(OH)–C–C–N with tert-alkyl or cyclic N) is 1. The molecule has 3 N–H and O–H groups in total. The number of nitrogens with zero attached hydrogens (tertiary/aromatic N) is 4. The van der Waals surface area contributed by atoms with Crippen LogP contribution in [-0.4, -0.2) is 58.0 Å². The molecule has 9 nitrogen and oxygen atoms in total. The minimum Gasteiger partial charge on any atom is -0.390 e.